The first-order valence-corrected chi connectivity index (χ1v) is 7.02. The molecule has 2 unspecified atom stereocenters. The standard InChI is InChI=1S/C5H10F2O.C4H9F.CH2F2.FHO3S/c1-4(7)5(2)8-3-6;1-2-3-4-5;2-1-3;1-5(2,3)4/h4-5H,3H2,1-2H3;2-4H2,1H3;1H2;(H,2,3,4). The van der Waals surface area contributed by atoms with Crippen LogP contribution in [0.3, 0.4) is 0 Å². The van der Waals surface area contributed by atoms with Gasteiger partial charge in [-0.3, -0.25) is 8.94 Å². The average molecular weight is 352 g/mol. The number of hydrogen-bond acceptors (Lipinski definition) is 3. The molecule has 0 radical (unpaired) electrons. The number of alkyl halides is 5. The highest BCUT2D eigenvalue weighted by atomic mass is 32.3. The fourth-order valence-corrected chi connectivity index (χ4v) is 0.366. The number of ether oxygens (including phenoxy) is 1. The molecule has 0 aromatic rings. The van der Waals surface area contributed by atoms with Gasteiger partial charge in [-0.15, -0.1) is 0 Å². The molecule has 0 saturated heterocycles. The molecule has 0 spiro atoms. The zero-order valence-corrected chi connectivity index (χ0v) is 12.9. The van der Waals surface area contributed by atoms with E-state index in [1.165, 1.54) is 13.8 Å². The van der Waals surface area contributed by atoms with Gasteiger partial charge in [-0.05, 0) is 20.3 Å². The Hall–Kier alpha value is -0.550. The summed E-state index contributed by atoms with van der Waals surface area (Å²) < 4.78 is 91.8. The second-order valence-corrected chi connectivity index (χ2v) is 4.04. The fourth-order valence-electron chi connectivity index (χ4n) is 0.366. The van der Waals surface area contributed by atoms with Crippen LogP contribution in [-0.2, 0) is 15.2 Å². The monoisotopic (exact) mass is 352 g/mol. The maximum Gasteiger partial charge on any atom is 0.435 e. The minimum absolute atomic E-state index is 0.156. The third kappa shape index (κ3) is 82.9. The summed E-state index contributed by atoms with van der Waals surface area (Å²) in [6.07, 6.45) is -0.0259. The molecule has 0 amide bonds. The molecule has 0 saturated carbocycles. The van der Waals surface area contributed by atoms with Crippen molar-refractivity contribution in [2.24, 2.45) is 0 Å². The van der Waals surface area contributed by atoms with Crippen LogP contribution < -0.4 is 0 Å². The van der Waals surface area contributed by atoms with Gasteiger partial charge in [0.1, 0.15) is 6.17 Å². The largest absolute Gasteiger partial charge is 0.435 e. The Labute approximate surface area is 121 Å². The first-order valence-electron chi connectivity index (χ1n) is 5.68. The van der Waals surface area contributed by atoms with Crippen LogP contribution in [0.15, 0.2) is 0 Å². The van der Waals surface area contributed by atoms with Gasteiger partial charge in [0.2, 0.25) is 6.93 Å². The van der Waals surface area contributed by atoms with E-state index in [0.29, 0.717) is 0 Å². The van der Waals surface area contributed by atoms with Crippen LogP contribution in [0.1, 0.15) is 33.6 Å². The van der Waals surface area contributed by atoms with E-state index in [9.17, 15) is 25.8 Å². The van der Waals surface area contributed by atoms with Crippen LogP contribution >= 0.6 is 0 Å². The Balaban J connectivity index is -0.0000000977. The second-order valence-electron chi connectivity index (χ2n) is 3.21. The molecule has 2 atom stereocenters. The topological polar surface area (TPSA) is 63.6 Å². The molecular formula is C10H22F6O4S. The van der Waals surface area contributed by atoms with Crippen molar-refractivity contribution in [2.75, 3.05) is 20.5 Å². The third-order valence-corrected chi connectivity index (χ3v) is 1.46. The number of hydrogen-bond donors (Lipinski definition) is 1. The number of rotatable bonds is 5. The molecule has 11 heteroatoms. The predicted molar refractivity (Wildman–Crippen MR) is 67.7 cm³/mol. The van der Waals surface area contributed by atoms with Gasteiger partial charge >= 0.3 is 10.5 Å². The molecule has 21 heavy (non-hydrogen) atoms. The summed E-state index contributed by atoms with van der Waals surface area (Å²) in [5.74, 6) is 0. The van der Waals surface area contributed by atoms with Crippen molar-refractivity contribution in [3.63, 3.8) is 0 Å². The summed E-state index contributed by atoms with van der Waals surface area (Å²) in [4.78, 5) is 0. The van der Waals surface area contributed by atoms with Gasteiger partial charge in [-0.2, -0.15) is 8.42 Å². The molecule has 0 rings (SSSR count). The Morgan fingerprint density at radius 1 is 1.14 bits per heavy atom. The van der Waals surface area contributed by atoms with E-state index in [-0.39, 0.29) is 6.67 Å². The van der Waals surface area contributed by atoms with Gasteiger partial charge < -0.3 is 4.74 Å². The molecule has 0 fully saturated rings. The first-order chi connectivity index (χ1) is 9.51. The minimum atomic E-state index is -5.17. The lowest BCUT2D eigenvalue weighted by Gasteiger charge is -2.09. The second kappa shape index (κ2) is 21.7. The maximum atomic E-state index is 12.0. The Kier molecular flexibility index (Phi) is 29.6. The third-order valence-electron chi connectivity index (χ3n) is 1.46. The number of unbranched alkanes of at least 4 members (excludes halogenated alkanes) is 1. The molecule has 1 N–H and O–H groups in total. The van der Waals surface area contributed by atoms with Crippen LogP contribution in [0.5, 0.6) is 0 Å². The highest BCUT2D eigenvalue weighted by Crippen LogP contribution is 2.00. The van der Waals surface area contributed by atoms with E-state index in [2.05, 4.69) is 4.74 Å². The fraction of sp³-hybridized carbons (Fsp3) is 1.00. The van der Waals surface area contributed by atoms with Gasteiger partial charge in [0, 0.05) is 0 Å². The van der Waals surface area contributed by atoms with Crippen molar-refractivity contribution in [2.45, 2.75) is 45.9 Å². The number of halogens is 6. The van der Waals surface area contributed by atoms with Crippen LogP contribution in [0.2, 0.25) is 0 Å². The maximum absolute atomic E-state index is 12.0. The molecule has 0 aromatic carbocycles. The van der Waals surface area contributed by atoms with E-state index < -0.39 is 36.6 Å². The Morgan fingerprint density at radius 2 is 1.48 bits per heavy atom. The first kappa shape index (κ1) is 28.6. The molecule has 0 heterocycles. The lowest BCUT2D eigenvalue weighted by atomic mass is 10.3. The summed E-state index contributed by atoms with van der Waals surface area (Å²) in [5.41, 5.74) is 0. The molecule has 0 aromatic heterocycles. The molecule has 4 nitrogen and oxygen atoms in total. The molecule has 0 bridgehead atoms. The Bertz CT molecular complexity index is 254. The normalized spacial score (nSPS) is 12.5. The van der Waals surface area contributed by atoms with Crippen molar-refractivity contribution >= 4 is 10.5 Å². The van der Waals surface area contributed by atoms with Crippen LogP contribution in [0, 0.1) is 0 Å². The molecular weight excluding hydrogens is 330 g/mol. The van der Waals surface area contributed by atoms with Crippen molar-refractivity contribution in [3.05, 3.63) is 0 Å². The average Bonchev–Trinajstić information content (AvgIpc) is 2.30. The van der Waals surface area contributed by atoms with E-state index in [0.717, 1.165) is 12.8 Å². The van der Waals surface area contributed by atoms with Gasteiger partial charge in [0.15, 0.2) is 6.86 Å². The summed E-state index contributed by atoms with van der Waals surface area (Å²) in [7, 11) is -5.17. The smallest absolute Gasteiger partial charge is 0.344 e. The van der Waals surface area contributed by atoms with E-state index in [4.69, 9.17) is 13.0 Å². The van der Waals surface area contributed by atoms with Crippen LogP contribution in [-0.4, -0.2) is 45.7 Å². The lowest BCUT2D eigenvalue weighted by molar-refractivity contribution is -0.0294. The minimum Gasteiger partial charge on any atom is -0.344 e. The molecule has 134 valence electrons. The highest BCUT2D eigenvalue weighted by Gasteiger charge is 2.09. The van der Waals surface area contributed by atoms with Gasteiger partial charge in [-0.1, -0.05) is 17.2 Å². The summed E-state index contributed by atoms with van der Waals surface area (Å²) in [5, 5.41) is 0. The molecule has 0 aliphatic carbocycles. The van der Waals surface area contributed by atoms with E-state index >= 15 is 0 Å². The van der Waals surface area contributed by atoms with Crippen molar-refractivity contribution in [3.8, 4) is 0 Å². The van der Waals surface area contributed by atoms with Gasteiger partial charge in [0.05, 0.1) is 12.8 Å². The molecule has 0 aliphatic heterocycles. The van der Waals surface area contributed by atoms with Crippen LogP contribution in [0.4, 0.5) is 25.8 Å². The van der Waals surface area contributed by atoms with Crippen molar-refractivity contribution in [1.29, 1.82) is 0 Å². The van der Waals surface area contributed by atoms with Gasteiger partial charge in [-0.25, -0.2) is 17.6 Å². The molecule has 0 aliphatic rings. The van der Waals surface area contributed by atoms with Crippen molar-refractivity contribution in [1.82, 2.24) is 0 Å². The summed E-state index contributed by atoms with van der Waals surface area (Å²) >= 11 is 0. The Morgan fingerprint density at radius 3 is 1.52 bits per heavy atom. The lowest BCUT2D eigenvalue weighted by Crippen LogP contribution is -2.18. The van der Waals surface area contributed by atoms with Crippen molar-refractivity contribution < 1.29 is 43.5 Å². The summed E-state index contributed by atoms with van der Waals surface area (Å²) in [6.45, 7) is 1.98. The zero-order chi connectivity index (χ0) is 17.9. The SMILES string of the molecule is CC(F)C(C)OCF.CCCCF.FCF.O=S(=O)(O)F. The van der Waals surface area contributed by atoms with E-state index in [1.807, 2.05) is 6.92 Å². The summed E-state index contributed by atoms with van der Waals surface area (Å²) in [6, 6.07) is 0. The van der Waals surface area contributed by atoms with Crippen LogP contribution in [0.25, 0.3) is 0 Å². The van der Waals surface area contributed by atoms with Gasteiger partial charge in [0.25, 0.3) is 0 Å². The quantitative estimate of drug-likeness (QED) is 0.460. The zero-order valence-electron chi connectivity index (χ0n) is 12.0. The van der Waals surface area contributed by atoms with E-state index in [1.54, 1.807) is 0 Å². The highest BCUT2D eigenvalue weighted by molar-refractivity contribution is 7.80. The predicted octanol–water partition coefficient (Wildman–Crippen LogP) is 4.07.